The molecule has 0 radical (unpaired) electrons. The average molecular weight is 159 g/mol. The molecule has 2 heteroatoms. The molecule has 0 unspecified atom stereocenters. The molecule has 60 valence electrons. The fourth-order valence-electron chi connectivity index (χ4n) is 0.942. The van der Waals surface area contributed by atoms with E-state index in [0.29, 0.717) is 11.1 Å². The van der Waals surface area contributed by atoms with Crippen LogP contribution in [0.25, 0.3) is 0 Å². The molecule has 0 fully saturated rings. The number of amides is 1. The van der Waals surface area contributed by atoms with Crippen LogP contribution in [0.1, 0.15) is 15.9 Å². The molecular weight excluding hydrogens is 150 g/mol. The third-order valence-corrected chi connectivity index (χ3v) is 1.55. The standard InChI is InChI=1S/C10H9NO/c1-3-8-6-4-5-7-9(8)10(12)11-2/h1,4-7H,2H3,(H,11,12). The monoisotopic (exact) mass is 159 g/mol. The Morgan fingerprint density at radius 1 is 1.50 bits per heavy atom. The smallest absolute Gasteiger partial charge is 0.252 e. The largest absolute Gasteiger partial charge is 0.355 e. The lowest BCUT2D eigenvalue weighted by Gasteiger charge is -2.01. The van der Waals surface area contributed by atoms with E-state index in [1.807, 2.05) is 6.07 Å². The number of nitrogens with one attached hydrogen (secondary N) is 1. The molecular formula is C10H9NO. The first-order valence-corrected chi connectivity index (χ1v) is 3.57. The average Bonchev–Trinajstić information content (AvgIpc) is 2.16. The molecule has 0 aliphatic carbocycles. The van der Waals surface area contributed by atoms with Gasteiger partial charge >= 0.3 is 0 Å². The molecule has 0 aliphatic heterocycles. The number of terminal acetylenes is 1. The fraction of sp³-hybridized carbons (Fsp3) is 0.100. The molecule has 1 amide bonds. The molecule has 0 saturated carbocycles. The van der Waals surface area contributed by atoms with Crippen LogP contribution in [-0.2, 0) is 0 Å². The zero-order valence-electron chi connectivity index (χ0n) is 6.79. The Kier molecular flexibility index (Phi) is 2.49. The second kappa shape index (κ2) is 3.59. The summed E-state index contributed by atoms with van der Waals surface area (Å²) in [6, 6.07) is 7.03. The zero-order chi connectivity index (χ0) is 8.97. The minimum absolute atomic E-state index is 0.149. The number of hydrogen-bond acceptors (Lipinski definition) is 1. The molecule has 1 rings (SSSR count). The van der Waals surface area contributed by atoms with Crippen LogP contribution in [0.2, 0.25) is 0 Å². The van der Waals surface area contributed by atoms with E-state index in [0.717, 1.165) is 0 Å². The van der Waals surface area contributed by atoms with Crippen LogP contribution in [0.15, 0.2) is 24.3 Å². The number of benzene rings is 1. The molecule has 1 N–H and O–H groups in total. The van der Waals surface area contributed by atoms with E-state index in [2.05, 4.69) is 11.2 Å². The Hall–Kier alpha value is -1.75. The van der Waals surface area contributed by atoms with Crippen LogP contribution in [0.5, 0.6) is 0 Å². The summed E-state index contributed by atoms with van der Waals surface area (Å²) >= 11 is 0. The van der Waals surface area contributed by atoms with Gasteiger partial charge < -0.3 is 5.32 Å². The summed E-state index contributed by atoms with van der Waals surface area (Å²) in [5.41, 5.74) is 1.17. The maximum atomic E-state index is 11.2. The number of carbonyl (C=O) groups is 1. The summed E-state index contributed by atoms with van der Waals surface area (Å²) in [6.45, 7) is 0. The Morgan fingerprint density at radius 2 is 2.17 bits per heavy atom. The molecule has 0 spiro atoms. The van der Waals surface area contributed by atoms with Gasteiger partial charge in [-0.05, 0) is 12.1 Å². The fourth-order valence-corrected chi connectivity index (χ4v) is 0.942. The van der Waals surface area contributed by atoms with Gasteiger partial charge in [-0.3, -0.25) is 4.79 Å². The first-order valence-electron chi connectivity index (χ1n) is 3.57. The summed E-state index contributed by atoms with van der Waals surface area (Å²) in [5, 5.41) is 2.52. The Bertz CT molecular complexity index is 336. The SMILES string of the molecule is C#Cc1ccccc1C(=O)NC. The van der Waals surface area contributed by atoms with E-state index in [-0.39, 0.29) is 5.91 Å². The van der Waals surface area contributed by atoms with Crippen molar-refractivity contribution in [1.29, 1.82) is 0 Å². The lowest BCUT2D eigenvalue weighted by molar-refractivity contribution is 0.0963. The minimum atomic E-state index is -0.149. The van der Waals surface area contributed by atoms with Gasteiger partial charge in [0, 0.05) is 12.6 Å². The highest BCUT2D eigenvalue weighted by molar-refractivity contribution is 5.96. The molecule has 0 aromatic heterocycles. The molecule has 0 saturated heterocycles. The van der Waals surface area contributed by atoms with E-state index in [1.54, 1.807) is 25.2 Å². The van der Waals surface area contributed by atoms with Gasteiger partial charge in [0.25, 0.3) is 5.91 Å². The maximum absolute atomic E-state index is 11.2. The highest BCUT2D eigenvalue weighted by atomic mass is 16.1. The van der Waals surface area contributed by atoms with Crippen molar-refractivity contribution in [2.45, 2.75) is 0 Å². The van der Waals surface area contributed by atoms with Crippen molar-refractivity contribution in [3.63, 3.8) is 0 Å². The lowest BCUT2D eigenvalue weighted by Crippen LogP contribution is -2.18. The number of rotatable bonds is 1. The maximum Gasteiger partial charge on any atom is 0.252 e. The highest BCUT2D eigenvalue weighted by Gasteiger charge is 2.05. The predicted molar refractivity (Wildman–Crippen MR) is 47.8 cm³/mol. The second-order valence-electron chi connectivity index (χ2n) is 2.27. The molecule has 0 atom stereocenters. The van der Waals surface area contributed by atoms with Gasteiger partial charge in [0.15, 0.2) is 0 Å². The molecule has 1 aromatic rings. The van der Waals surface area contributed by atoms with Crippen molar-refractivity contribution in [3.05, 3.63) is 35.4 Å². The first kappa shape index (κ1) is 8.35. The molecule has 0 bridgehead atoms. The van der Waals surface area contributed by atoms with E-state index in [1.165, 1.54) is 0 Å². The van der Waals surface area contributed by atoms with Crippen molar-refractivity contribution in [1.82, 2.24) is 5.32 Å². The van der Waals surface area contributed by atoms with Gasteiger partial charge in [-0.2, -0.15) is 0 Å². The van der Waals surface area contributed by atoms with Crippen molar-refractivity contribution in [3.8, 4) is 12.3 Å². The van der Waals surface area contributed by atoms with Gasteiger partial charge in [0.2, 0.25) is 0 Å². The normalized spacial score (nSPS) is 8.67. The van der Waals surface area contributed by atoms with Crippen molar-refractivity contribution < 1.29 is 4.79 Å². The topological polar surface area (TPSA) is 29.1 Å². The molecule has 2 nitrogen and oxygen atoms in total. The third-order valence-electron chi connectivity index (χ3n) is 1.55. The van der Waals surface area contributed by atoms with E-state index >= 15 is 0 Å². The van der Waals surface area contributed by atoms with E-state index < -0.39 is 0 Å². The van der Waals surface area contributed by atoms with Crippen LogP contribution < -0.4 is 5.32 Å². The van der Waals surface area contributed by atoms with E-state index in [9.17, 15) is 4.79 Å². The summed E-state index contributed by atoms with van der Waals surface area (Å²) in [7, 11) is 1.58. The van der Waals surface area contributed by atoms with Crippen LogP contribution >= 0.6 is 0 Å². The zero-order valence-corrected chi connectivity index (χ0v) is 6.79. The highest BCUT2D eigenvalue weighted by Crippen LogP contribution is 2.05. The lowest BCUT2D eigenvalue weighted by atomic mass is 10.1. The van der Waals surface area contributed by atoms with E-state index in [4.69, 9.17) is 6.42 Å². The van der Waals surface area contributed by atoms with Crippen LogP contribution in [0.4, 0.5) is 0 Å². The van der Waals surface area contributed by atoms with Gasteiger partial charge in [-0.15, -0.1) is 6.42 Å². The predicted octanol–water partition coefficient (Wildman–Crippen LogP) is 1.03. The second-order valence-corrected chi connectivity index (χ2v) is 2.27. The number of hydrogen-bond donors (Lipinski definition) is 1. The Labute approximate surface area is 71.6 Å². The molecule has 0 heterocycles. The van der Waals surface area contributed by atoms with Crippen LogP contribution in [0, 0.1) is 12.3 Å². The van der Waals surface area contributed by atoms with Gasteiger partial charge in [0.05, 0.1) is 5.56 Å². The van der Waals surface area contributed by atoms with Crippen molar-refractivity contribution in [2.24, 2.45) is 0 Å². The molecule has 1 aromatic carbocycles. The molecule has 12 heavy (non-hydrogen) atoms. The van der Waals surface area contributed by atoms with Crippen LogP contribution in [0.3, 0.4) is 0 Å². The quantitative estimate of drug-likeness (QED) is 0.609. The summed E-state index contributed by atoms with van der Waals surface area (Å²) in [4.78, 5) is 11.2. The Morgan fingerprint density at radius 3 is 2.75 bits per heavy atom. The van der Waals surface area contributed by atoms with Gasteiger partial charge in [0.1, 0.15) is 0 Å². The number of carbonyl (C=O) groups excluding carboxylic acids is 1. The third kappa shape index (κ3) is 1.46. The molecule has 0 aliphatic rings. The van der Waals surface area contributed by atoms with Crippen molar-refractivity contribution >= 4 is 5.91 Å². The summed E-state index contributed by atoms with van der Waals surface area (Å²) in [6.07, 6.45) is 5.21. The first-order chi connectivity index (χ1) is 5.79. The Balaban J connectivity index is 3.16. The van der Waals surface area contributed by atoms with Crippen LogP contribution in [-0.4, -0.2) is 13.0 Å². The summed E-state index contributed by atoms with van der Waals surface area (Å²) < 4.78 is 0. The minimum Gasteiger partial charge on any atom is -0.355 e. The van der Waals surface area contributed by atoms with Gasteiger partial charge in [-0.25, -0.2) is 0 Å². The van der Waals surface area contributed by atoms with Crippen molar-refractivity contribution in [2.75, 3.05) is 7.05 Å². The van der Waals surface area contributed by atoms with Gasteiger partial charge in [-0.1, -0.05) is 18.1 Å². The summed E-state index contributed by atoms with van der Waals surface area (Å²) in [5.74, 6) is 2.30.